The second-order valence-corrected chi connectivity index (χ2v) is 12.7. The summed E-state index contributed by atoms with van der Waals surface area (Å²) in [7, 11) is 0. The van der Waals surface area contributed by atoms with E-state index in [-0.39, 0.29) is 59.5 Å². The first kappa shape index (κ1) is 31.6. The van der Waals surface area contributed by atoms with E-state index in [9.17, 15) is 27.9 Å². The number of halogens is 5. The summed E-state index contributed by atoms with van der Waals surface area (Å²) in [6, 6.07) is 4.08. The molecule has 0 aliphatic heterocycles. The minimum Gasteiger partial charge on any atom is -0.466 e. The molecule has 0 radical (unpaired) electrons. The molecule has 2 saturated carbocycles. The monoisotopic (exact) mass is 617 g/mol. The van der Waals surface area contributed by atoms with E-state index in [2.05, 4.69) is 5.10 Å². The number of aromatic nitrogens is 2. The van der Waals surface area contributed by atoms with E-state index >= 15 is 0 Å². The summed E-state index contributed by atoms with van der Waals surface area (Å²) in [6.07, 6.45) is -1.40. The van der Waals surface area contributed by atoms with Crippen LogP contribution in [0.5, 0.6) is 0 Å². The standard InChI is InChI=1S/C29H36Cl2F3N3O4/c1-4-41-26(40)28(3)13-9-18(10-14-28)37-24(29(32,33)34)19(15-35-37)25(39)36(17-27(2)11-6-12-27)16-22(38)23-20(30)7-5-8-21(23)31/h5,7-8,15,18,22,38H,4,6,9-14,16-17H2,1-3H3. The van der Waals surface area contributed by atoms with Crippen LogP contribution in [0.15, 0.2) is 24.4 Å². The van der Waals surface area contributed by atoms with Crippen LogP contribution in [0.1, 0.15) is 99.5 Å². The minimum absolute atomic E-state index is 0.161. The van der Waals surface area contributed by atoms with Crippen molar-refractivity contribution in [2.45, 2.75) is 84.0 Å². The Morgan fingerprint density at radius 1 is 1.17 bits per heavy atom. The average Bonchev–Trinajstić information content (AvgIpc) is 3.33. The zero-order valence-electron chi connectivity index (χ0n) is 23.4. The Balaban J connectivity index is 1.64. The lowest BCUT2D eigenvalue weighted by Gasteiger charge is -2.42. The van der Waals surface area contributed by atoms with Gasteiger partial charge in [0.2, 0.25) is 0 Å². The zero-order valence-corrected chi connectivity index (χ0v) is 25.0. The van der Waals surface area contributed by atoms with Crippen LogP contribution in [0.4, 0.5) is 13.2 Å². The fourth-order valence-corrected chi connectivity index (χ4v) is 6.64. The van der Waals surface area contributed by atoms with Gasteiger partial charge in [0, 0.05) is 22.2 Å². The predicted octanol–water partition coefficient (Wildman–Crippen LogP) is 7.26. The van der Waals surface area contributed by atoms with Gasteiger partial charge in [-0.2, -0.15) is 18.3 Å². The molecule has 1 unspecified atom stereocenters. The number of alkyl halides is 3. The smallest absolute Gasteiger partial charge is 0.433 e. The van der Waals surface area contributed by atoms with Crippen molar-refractivity contribution >= 4 is 35.1 Å². The van der Waals surface area contributed by atoms with Gasteiger partial charge in [-0.15, -0.1) is 0 Å². The Morgan fingerprint density at radius 3 is 2.29 bits per heavy atom. The summed E-state index contributed by atoms with van der Waals surface area (Å²) in [6.45, 7) is 5.55. The maximum Gasteiger partial charge on any atom is 0.433 e. The number of esters is 1. The molecular formula is C29H36Cl2F3N3O4. The number of hydrogen-bond acceptors (Lipinski definition) is 5. The summed E-state index contributed by atoms with van der Waals surface area (Å²) in [5.74, 6) is -1.23. The van der Waals surface area contributed by atoms with Crippen LogP contribution in [0.2, 0.25) is 10.0 Å². The summed E-state index contributed by atoms with van der Waals surface area (Å²) in [5, 5.41) is 15.5. The van der Waals surface area contributed by atoms with Crippen LogP contribution in [0.3, 0.4) is 0 Å². The predicted molar refractivity (Wildman–Crippen MR) is 149 cm³/mol. The van der Waals surface area contributed by atoms with Crippen molar-refractivity contribution in [2.24, 2.45) is 10.8 Å². The van der Waals surface area contributed by atoms with E-state index in [1.165, 1.54) is 4.90 Å². The van der Waals surface area contributed by atoms with E-state index < -0.39 is 40.9 Å². The summed E-state index contributed by atoms with van der Waals surface area (Å²) in [5.41, 5.74) is -2.54. The van der Waals surface area contributed by atoms with Gasteiger partial charge in [0.05, 0.1) is 42.5 Å². The molecule has 0 saturated heterocycles. The molecule has 1 aromatic carbocycles. The van der Waals surface area contributed by atoms with Crippen molar-refractivity contribution in [2.75, 3.05) is 19.7 Å². The molecule has 1 aromatic heterocycles. The molecule has 1 atom stereocenters. The molecule has 0 spiro atoms. The van der Waals surface area contributed by atoms with Crippen molar-refractivity contribution < 1.29 is 32.6 Å². The van der Waals surface area contributed by atoms with Gasteiger partial charge in [-0.05, 0) is 69.9 Å². The van der Waals surface area contributed by atoms with Gasteiger partial charge in [-0.3, -0.25) is 14.3 Å². The molecule has 2 fully saturated rings. The normalized spacial score (nSPS) is 23.0. The van der Waals surface area contributed by atoms with E-state index in [4.69, 9.17) is 27.9 Å². The number of ether oxygens (including phenoxy) is 1. The average molecular weight is 619 g/mol. The molecule has 1 heterocycles. The van der Waals surface area contributed by atoms with E-state index in [0.29, 0.717) is 12.8 Å². The maximum atomic E-state index is 14.6. The number of benzene rings is 1. The number of rotatable bonds is 9. The van der Waals surface area contributed by atoms with Crippen LogP contribution < -0.4 is 0 Å². The lowest BCUT2D eigenvalue weighted by Crippen LogP contribution is -2.45. The largest absolute Gasteiger partial charge is 0.466 e. The first-order chi connectivity index (χ1) is 19.2. The number of carbonyl (C=O) groups is 2. The molecule has 41 heavy (non-hydrogen) atoms. The van der Waals surface area contributed by atoms with E-state index in [1.54, 1.807) is 32.0 Å². The molecule has 0 bridgehead atoms. The Kier molecular flexibility index (Phi) is 9.36. The fourth-order valence-electron chi connectivity index (χ4n) is 5.99. The van der Waals surface area contributed by atoms with Gasteiger partial charge in [0.15, 0.2) is 5.69 Å². The van der Waals surface area contributed by atoms with Gasteiger partial charge in [0.1, 0.15) is 0 Å². The molecule has 226 valence electrons. The number of aliphatic hydroxyl groups excluding tert-OH is 1. The third-order valence-electron chi connectivity index (χ3n) is 8.61. The molecule has 2 aliphatic carbocycles. The highest BCUT2D eigenvalue weighted by atomic mass is 35.5. The van der Waals surface area contributed by atoms with Gasteiger partial charge < -0.3 is 14.7 Å². The van der Waals surface area contributed by atoms with Gasteiger partial charge >= 0.3 is 12.1 Å². The molecule has 2 aliphatic rings. The SMILES string of the molecule is CCOC(=O)C1(C)CCC(n2ncc(C(=O)N(CC(O)c3c(Cl)cccc3Cl)CC3(C)CCC3)c2C(F)(F)F)CC1. The first-order valence-corrected chi connectivity index (χ1v) is 14.7. The van der Waals surface area contributed by atoms with Crippen molar-refractivity contribution in [3.05, 3.63) is 51.3 Å². The lowest BCUT2D eigenvalue weighted by molar-refractivity contribution is -0.157. The molecule has 2 aromatic rings. The second-order valence-electron chi connectivity index (χ2n) is 11.9. The summed E-state index contributed by atoms with van der Waals surface area (Å²) < 4.78 is 49.7. The van der Waals surface area contributed by atoms with Gasteiger partial charge in [-0.1, -0.05) is 42.6 Å². The van der Waals surface area contributed by atoms with Gasteiger partial charge in [0.25, 0.3) is 5.91 Å². The number of aliphatic hydroxyl groups is 1. The topological polar surface area (TPSA) is 84.7 Å². The van der Waals surface area contributed by atoms with Crippen LogP contribution >= 0.6 is 23.2 Å². The van der Waals surface area contributed by atoms with Crippen molar-refractivity contribution in [3.8, 4) is 0 Å². The Morgan fingerprint density at radius 2 is 1.78 bits per heavy atom. The summed E-state index contributed by atoms with van der Waals surface area (Å²) in [4.78, 5) is 27.5. The minimum atomic E-state index is -4.86. The first-order valence-electron chi connectivity index (χ1n) is 13.9. The molecular weight excluding hydrogens is 582 g/mol. The fraction of sp³-hybridized carbons (Fsp3) is 0.621. The highest BCUT2D eigenvalue weighted by Gasteiger charge is 2.46. The highest BCUT2D eigenvalue weighted by molar-refractivity contribution is 6.36. The summed E-state index contributed by atoms with van der Waals surface area (Å²) >= 11 is 12.5. The van der Waals surface area contributed by atoms with Crippen LogP contribution in [0.25, 0.3) is 0 Å². The lowest BCUT2D eigenvalue weighted by atomic mass is 9.70. The second kappa shape index (κ2) is 12.1. The number of carbonyl (C=O) groups excluding carboxylic acids is 2. The molecule has 4 rings (SSSR count). The van der Waals surface area contributed by atoms with E-state index in [0.717, 1.165) is 30.1 Å². The Bertz CT molecular complexity index is 1250. The van der Waals surface area contributed by atoms with Crippen LogP contribution in [-0.4, -0.2) is 51.4 Å². The van der Waals surface area contributed by atoms with Gasteiger partial charge in [-0.25, -0.2) is 0 Å². The Labute approximate surface area is 247 Å². The number of nitrogens with zero attached hydrogens (tertiary/aromatic N) is 3. The highest BCUT2D eigenvalue weighted by Crippen LogP contribution is 2.45. The molecule has 1 amide bonds. The van der Waals surface area contributed by atoms with Crippen LogP contribution in [0, 0.1) is 10.8 Å². The number of amides is 1. The van der Waals surface area contributed by atoms with Crippen LogP contribution in [-0.2, 0) is 15.7 Å². The number of hydrogen-bond donors (Lipinski definition) is 1. The zero-order chi connectivity index (χ0) is 30.2. The Hall–Kier alpha value is -2.30. The molecule has 7 nitrogen and oxygen atoms in total. The third-order valence-corrected chi connectivity index (χ3v) is 9.27. The molecule has 12 heteroatoms. The quantitative estimate of drug-likeness (QED) is 0.299. The maximum absolute atomic E-state index is 14.6. The van der Waals surface area contributed by atoms with Crippen molar-refractivity contribution in [3.63, 3.8) is 0 Å². The van der Waals surface area contributed by atoms with Crippen molar-refractivity contribution in [1.82, 2.24) is 14.7 Å². The van der Waals surface area contributed by atoms with E-state index in [1.807, 2.05) is 6.92 Å². The molecule has 1 N–H and O–H groups in total. The van der Waals surface area contributed by atoms with Crippen molar-refractivity contribution in [1.29, 1.82) is 0 Å². The third kappa shape index (κ3) is 6.70.